The summed E-state index contributed by atoms with van der Waals surface area (Å²) in [5.74, 6) is 0.172. The Morgan fingerprint density at radius 2 is 1.33 bits per heavy atom. The quantitative estimate of drug-likeness (QED) is 0.557. The molecule has 4 bridgehead atoms. The Bertz CT molecular complexity index is 281. The van der Waals surface area contributed by atoms with Crippen molar-refractivity contribution in [3.05, 3.63) is 0 Å². The summed E-state index contributed by atoms with van der Waals surface area (Å²) in [5.41, 5.74) is -2.62. The van der Waals surface area contributed by atoms with Crippen molar-refractivity contribution in [1.29, 1.82) is 0 Å². The van der Waals surface area contributed by atoms with Gasteiger partial charge in [0.25, 0.3) is 0 Å². The third-order valence-electron chi connectivity index (χ3n) is 5.25. The van der Waals surface area contributed by atoms with E-state index in [-0.39, 0.29) is 11.3 Å². The highest BCUT2D eigenvalue weighted by atomic mass is 16.3. The van der Waals surface area contributed by atoms with Crippen molar-refractivity contribution >= 4 is 0 Å². The summed E-state index contributed by atoms with van der Waals surface area (Å²) in [7, 11) is 0. The first-order valence-corrected chi connectivity index (χ1v) is 5.86. The first-order chi connectivity index (χ1) is 6.69. The largest absolute Gasteiger partial charge is 0.390 e. The molecule has 0 amide bonds. The molecule has 0 heterocycles. The second-order valence-corrected chi connectivity index (χ2v) is 6.81. The predicted molar refractivity (Wildman–Crippen MR) is 55.2 cm³/mol. The average molecular weight is 212 g/mol. The Balaban J connectivity index is 2.12. The highest BCUT2D eigenvalue weighted by molar-refractivity contribution is 5.21. The van der Waals surface area contributed by atoms with E-state index in [9.17, 15) is 15.3 Å². The molecule has 4 fully saturated rings. The van der Waals surface area contributed by atoms with Crippen LogP contribution >= 0.6 is 0 Å². The molecule has 3 unspecified atom stereocenters. The molecular weight excluding hydrogens is 192 g/mol. The van der Waals surface area contributed by atoms with Crippen molar-refractivity contribution < 1.29 is 15.3 Å². The fourth-order valence-corrected chi connectivity index (χ4v) is 5.02. The molecule has 3 nitrogen and oxygen atoms in total. The van der Waals surface area contributed by atoms with Gasteiger partial charge in [-0.3, -0.25) is 0 Å². The van der Waals surface area contributed by atoms with Gasteiger partial charge in [0.15, 0.2) is 0 Å². The molecular formula is C12H20O3. The molecule has 4 aliphatic carbocycles. The van der Waals surface area contributed by atoms with Crippen LogP contribution in [0.4, 0.5) is 0 Å². The van der Waals surface area contributed by atoms with Crippen molar-refractivity contribution in [2.45, 2.75) is 62.8 Å². The van der Waals surface area contributed by atoms with E-state index in [2.05, 4.69) is 13.8 Å². The Hall–Kier alpha value is -0.120. The lowest BCUT2D eigenvalue weighted by Gasteiger charge is -2.68. The first kappa shape index (κ1) is 10.1. The number of hydrogen-bond acceptors (Lipinski definition) is 3. The second-order valence-electron chi connectivity index (χ2n) is 6.81. The molecule has 4 saturated carbocycles. The monoisotopic (exact) mass is 212 g/mol. The number of rotatable bonds is 0. The van der Waals surface area contributed by atoms with E-state index in [0.29, 0.717) is 19.3 Å². The van der Waals surface area contributed by atoms with Gasteiger partial charge in [0.1, 0.15) is 0 Å². The lowest BCUT2D eigenvalue weighted by atomic mass is 9.41. The zero-order valence-corrected chi connectivity index (χ0v) is 9.45. The maximum atomic E-state index is 10.5. The lowest BCUT2D eigenvalue weighted by Crippen LogP contribution is -2.72. The van der Waals surface area contributed by atoms with Gasteiger partial charge in [0.05, 0.1) is 16.8 Å². The van der Waals surface area contributed by atoms with Crippen LogP contribution in [0.1, 0.15) is 46.0 Å². The smallest absolute Gasteiger partial charge is 0.0733 e. The van der Waals surface area contributed by atoms with Crippen LogP contribution in [-0.4, -0.2) is 32.1 Å². The van der Waals surface area contributed by atoms with Crippen LogP contribution in [0.25, 0.3) is 0 Å². The van der Waals surface area contributed by atoms with Gasteiger partial charge in [0, 0.05) is 19.3 Å². The van der Waals surface area contributed by atoms with Crippen molar-refractivity contribution in [3.63, 3.8) is 0 Å². The van der Waals surface area contributed by atoms with Gasteiger partial charge in [-0.25, -0.2) is 0 Å². The van der Waals surface area contributed by atoms with E-state index in [0.717, 1.165) is 12.8 Å². The second kappa shape index (κ2) is 2.27. The zero-order chi connectivity index (χ0) is 11.1. The molecule has 0 aromatic carbocycles. The molecule has 0 spiro atoms. The number of hydrogen-bond donors (Lipinski definition) is 3. The molecule has 15 heavy (non-hydrogen) atoms. The van der Waals surface area contributed by atoms with Crippen molar-refractivity contribution in [3.8, 4) is 0 Å². The van der Waals surface area contributed by atoms with Crippen LogP contribution in [0.3, 0.4) is 0 Å². The maximum absolute atomic E-state index is 10.5. The standard InChI is InChI=1S/C12H20O3/c1-8-9(2)3-10(13)5-11(14,4-9)7-12(8,15)6-10/h8,13-15H,3-7H2,1-2H3. The molecule has 0 radical (unpaired) electrons. The summed E-state index contributed by atoms with van der Waals surface area (Å²) in [5, 5.41) is 31.3. The minimum absolute atomic E-state index is 0.104. The molecule has 0 aromatic heterocycles. The van der Waals surface area contributed by atoms with Crippen LogP contribution in [-0.2, 0) is 0 Å². The summed E-state index contributed by atoms with van der Waals surface area (Å²) < 4.78 is 0. The molecule has 3 N–H and O–H groups in total. The molecule has 4 rings (SSSR count). The fraction of sp³-hybridized carbons (Fsp3) is 1.00. The maximum Gasteiger partial charge on any atom is 0.0733 e. The summed E-state index contributed by atoms with van der Waals surface area (Å²) in [4.78, 5) is 0. The van der Waals surface area contributed by atoms with Crippen LogP contribution < -0.4 is 0 Å². The Morgan fingerprint density at radius 3 is 1.73 bits per heavy atom. The molecule has 0 aromatic rings. The minimum atomic E-state index is -0.854. The van der Waals surface area contributed by atoms with Crippen LogP contribution in [0.2, 0.25) is 0 Å². The highest BCUT2D eigenvalue weighted by Crippen LogP contribution is 2.66. The van der Waals surface area contributed by atoms with Crippen LogP contribution in [0.5, 0.6) is 0 Å². The number of aliphatic hydroxyl groups is 3. The van der Waals surface area contributed by atoms with Gasteiger partial charge in [-0.2, -0.15) is 0 Å². The van der Waals surface area contributed by atoms with Gasteiger partial charge in [0.2, 0.25) is 0 Å². The van der Waals surface area contributed by atoms with Crippen molar-refractivity contribution in [1.82, 2.24) is 0 Å². The van der Waals surface area contributed by atoms with Gasteiger partial charge in [-0.1, -0.05) is 13.8 Å². The average Bonchev–Trinajstić information content (AvgIpc) is 1.93. The molecule has 0 aliphatic heterocycles. The van der Waals surface area contributed by atoms with Gasteiger partial charge in [-0.15, -0.1) is 0 Å². The van der Waals surface area contributed by atoms with Gasteiger partial charge < -0.3 is 15.3 Å². The van der Waals surface area contributed by atoms with E-state index >= 15 is 0 Å². The normalized spacial score (nSPS) is 67.4. The third kappa shape index (κ3) is 1.12. The molecule has 4 aliphatic rings. The van der Waals surface area contributed by atoms with E-state index in [1.807, 2.05) is 0 Å². The van der Waals surface area contributed by atoms with Crippen LogP contribution in [0.15, 0.2) is 0 Å². The van der Waals surface area contributed by atoms with Crippen LogP contribution in [0, 0.1) is 11.3 Å². The Labute approximate surface area is 90.1 Å². The predicted octanol–water partition coefficient (Wildman–Crippen LogP) is 0.813. The first-order valence-electron chi connectivity index (χ1n) is 5.86. The summed E-state index contributed by atoms with van der Waals surface area (Å²) in [6.45, 7) is 4.15. The van der Waals surface area contributed by atoms with Crippen molar-refractivity contribution in [2.75, 3.05) is 0 Å². The van der Waals surface area contributed by atoms with E-state index in [1.165, 1.54) is 0 Å². The Kier molecular flexibility index (Phi) is 1.52. The van der Waals surface area contributed by atoms with Crippen molar-refractivity contribution in [2.24, 2.45) is 11.3 Å². The molecule has 3 heteroatoms. The molecule has 0 saturated heterocycles. The highest BCUT2D eigenvalue weighted by Gasteiger charge is 2.69. The Morgan fingerprint density at radius 1 is 0.867 bits per heavy atom. The summed E-state index contributed by atoms with van der Waals surface area (Å²) >= 11 is 0. The van der Waals surface area contributed by atoms with Gasteiger partial charge in [-0.05, 0) is 24.2 Å². The SMILES string of the molecule is CC1C2(C)CC3(O)CC(O)(C2)CC1(O)C3. The third-order valence-corrected chi connectivity index (χ3v) is 5.25. The van der Waals surface area contributed by atoms with E-state index < -0.39 is 16.8 Å². The minimum Gasteiger partial charge on any atom is -0.390 e. The lowest BCUT2D eigenvalue weighted by molar-refractivity contribution is -0.301. The molecule has 3 atom stereocenters. The summed E-state index contributed by atoms with van der Waals surface area (Å²) in [6, 6.07) is 0. The zero-order valence-electron chi connectivity index (χ0n) is 9.45. The molecule has 86 valence electrons. The van der Waals surface area contributed by atoms with E-state index in [1.54, 1.807) is 0 Å². The van der Waals surface area contributed by atoms with E-state index in [4.69, 9.17) is 0 Å². The summed E-state index contributed by atoms with van der Waals surface area (Å²) in [6.07, 6.45) is 2.79. The van der Waals surface area contributed by atoms with Gasteiger partial charge >= 0.3 is 0 Å². The topological polar surface area (TPSA) is 60.7 Å². The fourth-order valence-electron chi connectivity index (χ4n) is 5.02.